The van der Waals surface area contributed by atoms with E-state index in [0.29, 0.717) is 12.1 Å². The van der Waals surface area contributed by atoms with Crippen LogP contribution in [0.25, 0.3) is 0 Å². The Balaban J connectivity index is 1.90. The predicted molar refractivity (Wildman–Crippen MR) is 70.5 cm³/mol. The van der Waals surface area contributed by atoms with Crippen LogP contribution < -0.4 is 5.32 Å². The van der Waals surface area contributed by atoms with Gasteiger partial charge in [-0.1, -0.05) is 12.1 Å². The minimum absolute atomic E-state index is 0.383. The fraction of sp³-hybridized carbons (Fsp3) is 0.846. The van der Waals surface area contributed by atoms with Crippen molar-refractivity contribution in [1.29, 1.82) is 0 Å². The van der Waals surface area contributed by atoms with E-state index < -0.39 is 0 Å². The maximum atomic E-state index is 5.35. The molecule has 0 aromatic carbocycles. The minimum atomic E-state index is 0.383. The number of rotatable bonds is 6. The smallest absolute Gasteiger partial charge is 0.228 e. The van der Waals surface area contributed by atoms with Gasteiger partial charge in [0.1, 0.15) is 0 Å². The van der Waals surface area contributed by atoms with Gasteiger partial charge in [-0.25, -0.2) is 0 Å². The summed E-state index contributed by atoms with van der Waals surface area (Å²) in [5.41, 5.74) is 0. The molecule has 5 heteroatoms. The summed E-state index contributed by atoms with van der Waals surface area (Å²) in [5, 5.41) is 7.23. The molecule has 1 aliphatic heterocycles. The van der Waals surface area contributed by atoms with Crippen molar-refractivity contribution < 1.29 is 4.52 Å². The lowest BCUT2D eigenvalue weighted by molar-refractivity contribution is 0.246. The SMILES string of the molecule is CCN1CCCC1Cc1nc(CC(C)NC)no1. The first kappa shape index (κ1) is 13.5. The zero-order valence-electron chi connectivity index (χ0n) is 11.6. The van der Waals surface area contributed by atoms with Crippen LogP contribution >= 0.6 is 0 Å². The van der Waals surface area contributed by atoms with Gasteiger partial charge in [0.15, 0.2) is 5.82 Å². The zero-order chi connectivity index (χ0) is 13.0. The zero-order valence-corrected chi connectivity index (χ0v) is 11.6. The van der Waals surface area contributed by atoms with Crippen LogP contribution in [0.5, 0.6) is 0 Å². The molecule has 1 aliphatic rings. The number of aromatic nitrogens is 2. The Kier molecular flexibility index (Phi) is 4.72. The Labute approximate surface area is 109 Å². The van der Waals surface area contributed by atoms with Gasteiger partial charge in [-0.05, 0) is 39.9 Å². The van der Waals surface area contributed by atoms with Crippen LogP contribution in [0, 0.1) is 0 Å². The third kappa shape index (κ3) is 3.29. The van der Waals surface area contributed by atoms with E-state index in [-0.39, 0.29) is 0 Å². The first-order valence-electron chi connectivity index (χ1n) is 6.95. The molecule has 1 saturated heterocycles. The van der Waals surface area contributed by atoms with E-state index in [1.54, 1.807) is 0 Å². The summed E-state index contributed by atoms with van der Waals surface area (Å²) in [7, 11) is 1.95. The monoisotopic (exact) mass is 252 g/mol. The van der Waals surface area contributed by atoms with Gasteiger partial charge in [-0.2, -0.15) is 4.98 Å². The molecule has 2 atom stereocenters. The molecule has 2 unspecified atom stereocenters. The van der Waals surface area contributed by atoms with Gasteiger partial charge in [-0.3, -0.25) is 0 Å². The van der Waals surface area contributed by atoms with Crippen molar-refractivity contribution in [2.24, 2.45) is 0 Å². The lowest BCUT2D eigenvalue weighted by Crippen LogP contribution is -2.30. The molecule has 18 heavy (non-hydrogen) atoms. The minimum Gasteiger partial charge on any atom is -0.339 e. The number of hydrogen-bond acceptors (Lipinski definition) is 5. The molecular formula is C13H24N4O. The molecule has 1 aromatic heterocycles. The maximum absolute atomic E-state index is 5.35. The van der Waals surface area contributed by atoms with Crippen molar-refractivity contribution in [2.75, 3.05) is 20.1 Å². The highest BCUT2D eigenvalue weighted by Crippen LogP contribution is 2.20. The van der Waals surface area contributed by atoms with E-state index in [2.05, 4.69) is 34.2 Å². The second kappa shape index (κ2) is 6.29. The number of nitrogens with zero attached hydrogens (tertiary/aromatic N) is 3. The van der Waals surface area contributed by atoms with Crippen molar-refractivity contribution >= 4 is 0 Å². The van der Waals surface area contributed by atoms with Gasteiger partial charge in [0, 0.05) is 24.9 Å². The van der Waals surface area contributed by atoms with Crippen molar-refractivity contribution in [3.8, 4) is 0 Å². The molecule has 0 radical (unpaired) electrons. The van der Waals surface area contributed by atoms with Crippen molar-refractivity contribution in [1.82, 2.24) is 20.4 Å². The van der Waals surface area contributed by atoms with E-state index >= 15 is 0 Å². The van der Waals surface area contributed by atoms with E-state index in [1.165, 1.54) is 19.4 Å². The lowest BCUT2D eigenvalue weighted by atomic mass is 10.1. The normalized spacial score (nSPS) is 22.5. The second-order valence-corrected chi connectivity index (χ2v) is 5.13. The highest BCUT2D eigenvalue weighted by Gasteiger charge is 2.25. The van der Waals surface area contributed by atoms with Gasteiger partial charge in [0.2, 0.25) is 5.89 Å². The lowest BCUT2D eigenvalue weighted by Gasteiger charge is -2.20. The summed E-state index contributed by atoms with van der Waals surface area (Å²) < 4.78 is 5.35. The number of likely N-dealkylation sites (N-methyl/N-ethyl adjacent to an activating group) is 2. The Morgan fingerprint density at radius 3 is 3.11 bits per heavy atom. The van der Waals surface area contributed by atoms with Crippen LogP contribution in [0.3, 0.4) is 0 Å². The van der Waals surface area contributed by atoms with Crippen LogP contribution in [-0.4, -0.2) is 47.3 Å². The standard InChI is InChI=1S/C13H24N4O/c1-4-17-7-5-6-11(17)9-13-15-12(16-18-13)8-10(2)14-3/h10-11,14H,4-9H2,1-3H3. The molecule has 1 aromatic rings. The molecule has 5 nitrogen and oxygen atoms in total. The van der Waals surface area contributed by atoms with Gasteiger partial charge in [-0.15, -0.1) is 0 Å². The summed E-state index contributed by atoms with van der Waals surface area (Å²) in [6.45, 7) is 6.65. The van der Waals surface area contributed by atoms with Gasteiger partial charge in [0.25, 0.3) is 0 Å². The average molecular weight is 252 g/mol. The Morgan fingerprint density at radius 2 is 2.39 bits per heavy atom. The molecule has 2 heterocycles. The molecule has 0 bridgehead atoms. The topological polar surface area (TPSA) is 54.2 Å². The van der Waals surface area contributed by atoms with E-state index in [4.69, 9.17) is 4.52 Å². The molecular weight excluding hydrogens is 228 g/mol. The van der Waals surface area contributed by atoms with E-state index in [9.17, 15) is 0 Å². The fourth-order valence-electron chi connectivity index (χ4n) is 2.58. The highest BCUT2D eigenvalue weighted by molar-refractivity contribution is 4.93. The Hall–Kier alpha value is -0.940. The summed E-state index contributed by atoms with van der Waals surface area (Å²) in [5.74, 6) is 1.60. The molecule has 1 fully saturated rings. The number of likely N-dealkylation sites (tertiary alicyclic amines) is 1. The highest BCUT2D eigenvalue weighted by atomic mass is 16.5. The van der Waals surface area contributed by atoms with Crippen molar-refractivity contribution in [2.45, 2.75) is 51.6 Å². The molecule has 0 spiro atoms. The molecule has 102 valence electrons. The number of hydrogen-bond donors (Lipinski definition) is 1. The van der Waals surface area contributed by atoms with Crippen LogP contribution in [0.15, 0.2) is 4.52 Å². The van der Waals surface area contributed by atoms with Crippen LogP contribution in [0.4, 0.5) is 0 Å². The maximum Gasteiger partial charge on any atom is 0.228 e. The summed E-state index contributed by atoms with van der Waals surface area (Å²) >= 11 is 0. The Morgan fingerprint density at radius 1 is 1.56 bits per heavy atom. The van der Waals surface area contributed by atoms with E-state index in [1.807, 2.05) is 7.05 Å². The van der Waals surface area contributed by atoms with Crippen molar-refractivity contribution in [3.05, 3.63) is 11.7 Å². The molecule has 0 aliphatic carbocycles. The van der Waals surface area contributed by atoms with Crippen LogP contribution in [0.2, 0.25) is 0 Å². The fourth-order valence-corrected chi connectivity index (χ4v) is 2.58. The number of nitrogens with one attached hydrogen (secondary N) is 1. The second-order valence-electron chi connectivity index (χ2n) is 5.13. The Bertz CT molecular complexity index is 366. The van der Waals surface area contributed by atoms with Crippen molar-refractivity contribution in [3.63, 3.8) is 0 Å². The first-order chi connectivity index (χ1) is 8.72. The summed E-state index contributed by atoms with van der Waals surface area (Å²) in [6.07, 6.45) is 4.26. The third-order valence-corrected chi connectivity index (χ3v) is 3.81. The summed E-state index contributed by atoms with van der Waals surface area (Å²) in [6, 6.07) is 0.971. The van der Waals surface area contributed by atoms with E-state index in [0.717, 1.165) is 31.1 Å². The van der Waals surface area contributed by atoms with Crippen LogP contribution in [0.1, 0.15) is 38.4 Å². The first-order valence-corrected chi connectivity index (χ1v) is 6.95. The predicted octanol–water partition coefficient (Wildman–Crippen LogP) is 1.25. The summed E-state index contributed by atoms with van der Waals surface area (Å²) in [4.78, 5) is 6.99. The molecule has 0 saturated carbocycles. The molecule has 2 rings (SSSR count). The van der Waals surface area contributed by atoms with Crippen LogP contribution in [-0.2, 0) is 12.8 Å². The van der Waals surface area contributed by atoms with Gasteiger partial charge in [0.05, 0.1) is 0 Å². The molecule has 1 N–H and O–H groups in total. The average Bonchev–Trinajstić information content (AvgIpc) is 2.99. The third-order valence-electron chi connectivity index (χ3n) is 3.81. The quantitative estimate of drug-likeness (QED) is 0.825. The molecule has 0 amide bonds. The van der Waals surface area contributed by atoms with Gasteiger partial charge >= 0.3 is 0 Å². The largest absolute Gasteiger partial charge is 0.339 e. The van der Waals surface area contributed by atoms with Gasteiger partial charge < -0.3 is 14.7 Å².